The molecule has 0 spiro atoms. The molecule has 0 unspecified atom stereocenters. The second-order valence-electron chi connectivity index (χ2n) is 8.63. The van der Waals surface area contributed by atoms with Gasteiger partial charge in [-0.3, -0.25) is 4.79 Å². The molecular weight excluding hydrogens is 570 g/mol. The van der Waals surface area contributed by atoms with Crippen LogP contribution in [0.3, 0.4) is 0 Å². The highest BCUT2D eigenvalue weighted by Gasteiger charge is 2.41. The monoisotopic (exact) mass is 587 g/mol. The Balaban J connectivity index is 1.59. The van der Waals surface area contributed by atoms with Crippen LogP contribution in [0, 0.1) is 11.7 Å². The zero-order chi connectivity index (χ0) is 27.8. The molecule has 0 radical (unpaired) electrons. The maximum Gasteiger partial charge on any atom is 0.422 e. The molecule has 1 aliphatic rings. The first-order valence-corrected chi connectivity index (χ1v) is 11.8. The lowest BCUT2D eigenvalue weighted by Crippen LogP contribution is -2.40. The van der Waals surface area contributed by atoms with E-state index in [1.54, 1.807) is 0 Å². The molecule has 7 nitrogen and oxygen atoms in total. The van der Waals surface area contributed by atoms with E-state index in [2.05, 4.69) is 25.6 Å². The van der Waals surface area contributed by atoms with Crippen molar-refractivity contribution in [2.45, 2.75) is 44.1 Å². The molecule has 2 heterocycles. The van der Waals surface area contributed by atoms with E-state index < -0.39 is 54.1 Å². The molecule has 0 aliphatic heterocycles. The van der Waals surface area contributed by atoms with Gasteiger partial charge in [-0.05, 0) is 43.9 Å². The normalized spacial score (nSPS) is 18.4. The summed E-state index contributed by atoms with van der Waals surface area (Å²) in [4.78, 5) is 23.7. The third kappa shape index (κ3) is 6.70. The second kappa shape index (κ2) is 10.6. The molecule has 4 rings (SSSR count). The molecule has 1 saturated carbocycles. The standard InChI is InChI=1S/C22H18Cl2F7N5O2/c23-13-5-10(25)6-14(24)16(13)34-20-33-15-7-12(19(35-17(15)36-20)38-8-21(26,27)28)18(37)32-11-3-1-9(2-4-11)22(29,30)31/h5-7,9,11H,1-4,8H2,(H,32,37)(H2,33,34,35,36). The molecule has 206 valence electrons. The van der Waals surface area contributed by atoms with Crippen LogP contribution in [0.25, 0.3) is 11.2 Å². The highest BCUT2D eigenvalue weighted by molar-refractivity contribution is 6.39. The Hall–Kier alpha value is -3.00. The quantitative estimate of drug-likeness (QED) is 0.272. The van der Waals surface area contributed by atoms with Crippen molar-refractivity contribution < 1.29 is 40.3 Å². The number of carbonyl (C=O) groups excluding carboxylic acids is 1. The summed E-state index contributed by atoms with van der Waals surface area (Å²) in [5.41, 5.74) is -0.348. The minimum Gasteiger partial charge on any atom is -0.467 e. The van der Waals surface area contributed by atoms with E-state index in [1.165, 1.54) is 0 Å². The minimum atomic E-state index is -4.74. The van der Waals surface area contributed by atoms with E-state index in [4.69, 9.17) is 27.9 Å². The summed E-state index contributed by atoms with van der Waals surface area (Å²) < 4.78 is 95.5. The number of fused-ring (bicyclic) bond motifs is 1. The average molecular weight is 588 g/mol. The Morgan fingerprint density at radius 1 is 1.03 bits per heavy atom. The lowest BCUT2D eigenvalue weighted by molar-refractivity contribution is -0.182. The zero-order valence-electron chi connectivity index (χ0n) is 19.0. The van der Waals surface area contributed by atoms with Crippen LogP contribution in [0.5, 0.6) is 5.88 Å². The highest BCUT2D eigenvalue weighted by Crippen LogP contribution is 2.38. The summed E-state index contributed by atoms with van der Waals surface area (Å²) in [6, 6.07) is 2.49. The lowest BCUT2D eigenvalue weighted by Gasteiger charge is -2.30. The Bertz CT molecular complexity index is 1320. The number of rotatable bonds is 6. The van der Waals surface area contributed by atoms with Crippen molar-refractivity contribution in [1.29, 1.82) is 0 Å². The van der Waals surface area contributed by atoms with E-state index in [-0.39, 0.29) is 58.5 Å². The Morgan fingerprint density at radius 3 is 2.24 bits per heavy atom. The number of benzene rings is 1. The first-order chi connectivity index (χ1) is 17.7. The third-order valence-electron chi connectivity index (χ3n) is 5.83. The van der Waals surface area contributed by atoms with Gasteiger partial charge in [0.15, 0.2) is 12.3 Å². The third-order valence-corrected chi connectivity index (χ3v) is 6.43. The van der Waals surface area contributed by atoms with E-state index >= 15 is 0 Å². The van der Waals surface area contributed by atoms with E-state index in [1.807, 2.05) is 0 Å². The van der Waals surface area contributed by atoms with Gasteiger partial charge in [0.25, 0.3) is 5.91 Å². The first-order valence-electron chi connectivity index (χ1n) is 11.1. The summed E-state index contributed by atoms with van der Waals surface area (Å²) in [5.74, 6) is -3.74. The van der Waals surface area contributed by atoms with Gasteiger partial charge in [-0.15, -0.1) is 0 Å². The van der Waals surface area contributed by atoms with Gasteiger partial charge in [-0.1, -0.05) is 23.2 Å². The molecule has 1 amide bonds. The molecule has 1 aromatic carbocycles. The van der Waals surface area contributed by atoms with Gasteiger partial charge in [0, 0.05) is 6.04 Å². The van der Waals surface area contributed by atoms with Gasteiger partial charge in [-0.25, -0.2) is 9.37 Å². The number of nitrogens with one attached hydrogen (secondary N) is 3. The van der Waals surface area contributed by atoms with Crippen molar-refractivity contribution in [3.05, 3.63) is 39.6 Å². The SMILES string of the molecule is O=C(NC1CCC(C(F)(F)F)CC1)c1cc2nc(Nc3c(Cl)cc(F)cc3Cl)[nH]c2nc1OCC(F)(F)F. The number of anilines is 2. The molecule has 3 aromatic rings. The second-order valence-corrected chi connectivity index (χ2v) is 9.45. The number of carbonyl (C=O) groups is 1. The van der Waals surface area contributed by atoms with Gasteiger partial charge in [-0.2, -0.15) is 31.3 Å². The number of nitrogens with zero attached hydrogens (tertiary/aromatic N) is 2. The fourth-order valence-corrected chi connectivity index (χ4v) is 4.57. The number of halogens is 9. The summed E-state index contributed by atoms with van der Waals surface area (Å²) in [6.45, 7) is -1.75. The molecule has 3 N–H and O–H groups in total. The van der Waals surface area contributed by atoms with Gasteiger partial charge in [0.05, 0.1) is 21.7 Å². The summed E-state index contributed by atoms with van der Waals surface area (Å²) in [5, 5.41) is 5.09. The number of ether oxygens (including phenoxy) is 1. The number of hydrogen-bond donors (Lipinski definition) is 3. The topological polar surface area (TPSA) is 91.9 Å². The van der Waals surface area contributed by atoms with Crippen molar-refractivity contribution in [3.63, 3.8) is 0 Å². The smallest absolute Gasteiger partial charge is 0.422 e. The van der Waals surface area contributed by atoms with Gasteiger partial charge >= 0.3 is 12.4 Å². The Labute approximate surface area is 220 Å². The maximum absolute atomic E-state index is 13.5. The van der Waals surface area contributed by atoms with Crippen LogP contribution in [0.4, 0.5) is 42.4 Å². The fraction of sp³-hybridized carbons (Fsp3) is 0.409. The van der Waals surface area contributed by atoms with E-state index in [0.29, 0.717) is 0 Å². The predicted molar refractivity (Wildman–Crippen MR) is 124 cm³/mol. The highest BCUT2D eigenvalue weighted by atomic mass is 35.5. The zero-order valence-corrected chi connectivity index (χ0v) is 20.5. The number of H-pyrrole nitrogens is 1. The van der Waals surface area contributed by atoms with Crippen molar-refractivity contribution in [1.82, 2.24) is 20.3 Å². The molecule has 1 aliphatic carbocycles. The Kier molecular flexibility index (Phi) is 7.84. The van der Waals surface area contributed by atoms with Crippen LogP contribution >= 0.6 is 23.2 Å². The number of aromatic amines is 1. The summed E-state index contributed by atoms with van der Waals surface area (Å²) in [6.07, 6.45) is -9.37. The molecule has 2 aromatic heterocycles. The van der Waals surface area contributed by atoms with Gasteiger partial charge in [0.2, 0.25) is 11.8 Å². The number of imidazole rings is 1. The average Bonchev–Trinajstić information content (AvgIpc) is 3.20. The summed E-state index contributed by atoms with van der Waals surface area (Å²) in [7, 11) is 0. The number of pyridine rings is 1. The molecule has 16 heteroatoms. The van der Waals surface area contributed by atoms with Gasteiger partial charge in [0.1, 0.15) is 16.9 Å². The number of aromatic nitrogens is 3. The van der Waals surface area contributed by atoms with Crippen molar-refractivity contribution in [2.75, 3.05) is 11.9 Å². The van der Waals surface area contributed by atoms with E-state index in [9.17, 15) is 35.5 Å². The van der Waals surface area contributed by atoms with Crippen molar-refractivity contribution in [3.8, 4) is 5.88 Å². The van der Waals surface area contributed by atoms with Crippen LogP contribution < -0.4 is 15.4 Å². The molecule has 1 fully saturated rings. The summed E-state index contributed by atoms with van der Waals surface area (Å²) >= 11 is 12.0. The van der Waals surface area contributed by atoms with Crippen LogP contribution in [0.1, 0.15) is 36.0 Å². The van der Waals surface area contributed by atoms with Gasteiger partial charge < -0.3 is 20.4 Å². The number of alkyl halides is 6. The van der Waals surface area contributed by atoms with Crippen molar-refractivity contribution >= 4 is 51.9 Å². The molecule has 0 atom stereocenters. The van der Waals surface area contributed by atoms with Crippen LogP contribution in [-0.2, 0) is 0 Å². The number of amides is 1. The molecule has 0 saturated heterocycles. The Morgan fingerprint density at radius 2 is 1.66 bits per heavy atom. The largest absolute Gasteiger partial charge is 0.467 e. The van der Waals surface area contributed by atoms with Crippen LogP contribution in [0.15, 0.2) is 18.2 Å². The maximum atomic E-state index is 13.5. The minimum absolute atomic E-state index is 0.0344. The molecule has 0 bridgehead atoms. The fourth-order valence-electron chi connectivity index (χ4n) is 4.01. The van der Waals surface area contributed by atoms with E-state index in [0.717, 1.165) is 18.2 Å². The molecular formula is C22H18Cl2F7N5O2. The predicted octanol–water partition coefficient (Wildman–Crippen LogP) is 6.94. The van der Waals surface area contributed by atoms with Crippen LogP contribution in [0.2, 0.25) is 10.0 Å². The first kappa shape index (κ1) is 28.0. The van der Waals surface area contributed by atoms with Crippen molar-refractivity contribution in [2.24, 2.45) is 5.92 Å². The lowest BCUT2D eigenvalue weighted by atomic mass is 9.85. The number of hydrogen-bond acceptors (Lipinski definition) is 5. The van der Waals surface area contributed by atoms with Crippen LogP contribution in [-0.4, -0.2) is 45.9 Å². The molecule has 38 heavy (non-hydrogen) atoms.